The van der Waals surface area contributed by atoms with Gasteiger partial charge in [0, 0.05) is 5.56 Å². The average molecular weight is 206 g/mol. The van der Waals surface area contributed by atoms with Gasteiger partial charge in [0.05, 0.1) is 6.10 Å². The van der Waals surface area contributed by atoms with Gasteiger partial charge in [-0.1, -0.05) is 25.1 Å². The molecule has 2 N–H and O–H groups in total. The minimum absolute atomic E-state index is 0.284. The number of hydrogen-bond acceptors (Lipinski definition) is 2. The lowest BCUT2D eigenvalue weighted by Gasteiger charge is -2.16. The van der Waals surface area contributed by atoms with Gasteiger partial charge in [0.1, 0.15) is 5.75 Å². The molecule has 1 fully saturated rings. The van der Waals surface area contributed by atoms with Crippen LogP contribution in [0.1, 0.15) is 49.8 Å². The van der Waals surface area contributed by atoms with E-state index >= 15 is 0 Å². The van der Waals surface area contributed by atoms with Crippen molar-refractivity contribution in [2.24, 2.45) is 5.92 Å². The number of phenols is 1. The summed E-state index contributed by atoms with van der Waals surface area (Å²) in [5.41, 5.74) is 1.62. The quantitative estimate of drug-likeness (QED) is 0.798. The molecule has 1 aliphatic rings. The van der Waals surface area contributed by atoms with Crippen LogP contribution in [0.3, 0.4) is 0 Å². The van der Waals surface area contributed by atoms with E-state index in [0.29, 0.717) is 11.5 Å². The first kappa shape index (κ1) is 10.5. The molecule has 1 aromatic carbocycles. The molecule has 2 unspecified atom stereocenters. The molecule has 0 spiro atoms. The summed E-state index contributed by atoms with van der Waals surface area (Å²) in [5, 5.41) is 19.6. The Hall–Kier alpha value is -1.02. The van der Waals surface area contributed by atoms with E-state index in [-0.39, 0.29) is 5.75 Å². The molecule has 0 radical (unpaired) electrons. The fourth-order valence-electron chi connectivity index (χ4n) is 2.13. The molecule has 0 bridgehead atoms. The first-order valence-electron chi connectivity index (χ1n) is 5.61. The monoisotopic (exact) mass is 206 g/mol. The predicted octanol–water partition coefficient (Wildman–Crippen LogP) is 2.96. The first-order chi connectivity index (χ1) is 7.11. The zero-order valence-electron chi connectivity index (χ0n) is 9.27. The van der Waals surface area contributed by atoms with Gasteiger partial charge < -0.3 is 10.2 Å². The summed E-state index contributed by atoms with van der Waals surface area (Å²) in [6.45, 7) is 3.83. The Balaban J connectivity index is 2.34. The SMILES string of the molecule is CC(O)c1cccc(C(C)C2CC2)c1O. The number of para-hydroxylation sites is 1. The maximum atomic E-state index is 10.0. The van der Waals surface area contributed by atoms with Crippen LogP contribution in [0.25, 0.3) is 0 Å². The van der Waals surface area contributed by atoms with E-state index < -0.39 is 6.10 Å². The molecule has 15 heavy (non-hydrogen) atoms. The van der Waals surface area contributed by atoms with Gasteiger partial charge in [-0.05, 0) is 37.2 Å². The fourth-order valence-corrected chi connectivity index (χ4v) is 2.13. The van der Waals surface area contributed by atoms with E-state index in [1.807, 2.05) is 12.1 Å². The third-order valence-electron chi connectivity index (χ3n) is 3.37. The highest BCUT2D eigenvalue weighted by Gasteiger charge is 2.30. The maximum Gasteiger partial charge on any atom is 0.124 e. The highest BCUT2D eigenvalue weighted by atomic mass is 16.3. The van der Waals surface area contributed by atoms with Crippen LogP contribution in [0.2, 0.25) is 0 Å². The fraction of sp³-hybridized carbons (Fsp3) is 0.538. The molecule has 2 atom stereocenters. The van der Waals surface area contributed by atoms with E-state index in [4.69, 9.17) is 0 Å². The second-order valence-electron chi connectivity index (χ2n) is 4.59. The van der Waals surface area contributed by atoms with Gasteiger partial charge in [-0.2, -0.15) is 0 Å². The largest absolute Gasteiger partial charge is 0.507 e. The Labute approximate surface area is 90.6 Å². The van der Waals surface area contributed by atoms with Crippen molar-refractivity contribution in [2.75, 3.05) is 0 Å². The number of rotatable bonds is 3. The summed E-state index contributed by atoms with van der Waals surface area (Å²) >= 11 is 0. The molecule has 82 valence electrons. The number of benzene rings is 1. The van der Waals surface area contributed by atoms with Crippen LogP contribution in [-0.4, -0.2) is 10.2 Å². The van der Waals surface area contributed by atoms with E-state index in [9.17, 15) is 10.2 Å². The van der Waals surface area contributed by atoms with Crippen molar-refractivity contribution in [1.82, 2.24) is 0 Å². The standard InChI is InChI=1S/C13H18O2/c1-8(10-6-7-10)11-4-3-5-12(9(2)14)13(11)15/h3-5,8-10,14-15H,6-7H2,1-2H3. The van der Waals surface area contributed by atoms with Gasteiger partial charge in [0.25, 0.3) is 0 Å². The van der Waals surface area contributed by atoms with E-state index in [1.54, 1.807) is 13.0 Å². The third kappa shape index (κ3) is 2.00. The minimum Gasteiger partial charge on any atom is -0.507 e. The normalized spacial score (nSPS) is 19.9. The molecule has 2 heteroatoms. The van der Waals surface area contributed by atoms with Crippen molar-refractivity contribution < 1.29 is 10.2 Å². The molecule has 1 aromatic rings. The Morgan fingerprint density at radius 1 is 1.20 bits per heavy atom. The smallest absolute Gasteiger partial charge is 0.124 e. The lowest BCUT2D eigenvalue weighted by atomic mass is 9.92. The van der Waals surface area contributed by atoms with Crippen LogP contribution >= 0.6 is 0 Å². The highest BCUT2D eigenvalue weighted by Crippen LogP contribution is 2.45. The maximum absolute atomic E-state index is 10.0. The van der Waals surface area contributed by atoms with Crippen LogP contribution in [0.4, 0.5) is 0 Å². The van der Waals surface area contributed by atoms with Crippen LogP contribution in [0.5, 0.6) is 5.75 Å². The molecule has 0 amide bonds. The topological polar surface area (TPSA) is 40.5 Å². The second kappa shape index (κ2) is 3.86. The molecular formula is C13H18O2. The molecule has 2 rings (SSSR count). The van der Waals surface area contributed by atoms with Crippen molar-refractivity contribution in [2.45, 2.75) is 38.7 Å². The van der Waals surface area contributed by atoms with Crippen molar-refractivity contribution in [3.63, 3.8) is 0 Å². The molecule has 0 saturated heterocycles. The Morgan fingerprint density at radius 3 is 2.33 bits per heavy atom. The molecule has 1 saturated carbocycles. The van der Waals surface area contributed by atoms with E-state index in [1.165, 1.54) is 12.8 Å². The Bertz CT molecular complexity index is 354. The summed E-state index contributed by atoms with van der Waals surface area (Å²) in [6, 6.07) is 5.66. The molecule has 0 heterocycles. The van der Waals surface area contributed by atoms with E-state index in [2.05, 4.69) is 6.92 Å². The molecule has 1 aliphatic carbocycles. The molecule has 0 aromatic heterocycles. The summed E-state index contributed by atoms with van der Waals surface area (Å²) < 4.78 is 0. The van der Waals surface area contributed by atoms with E-state index in [0.717, 1.165) is 11.5 Å². The highest BCUT2D eigenvalue weighted by molar-refractivity contribution is 5.43. The zero-order chi connectivity index (χ0) is 11.0. The average Bonchev–Trinajstić information content (AvgIpc) is 3.00. The summed E-state index contributed by atoms with van der Waals surface area (Å²) in [5.74, 6) is 1.41. The van der Waals surface area contributed by atoms with Gasteiger partial charge in [-0.25, -0.2) is 0 Å². The van der Waals surface area contributed by atoms with Crippen LogP contribution in [0, 0.1) is 5.92 Å². The van der Waals surface area contributed by atoms with Crippen LogP contribution in [-0.2, 0) is 0 Å². The van der Waals surface area contributed by atoms with Gasteiger partial charge in [-0.3, -0.25) is 0 Å². The molecule has 2 nitrogen and oxygen atoms in total. The predicted molar refractivity (Wildman–Crippen MR) is 59.9 cm³/mol. The Kier molecular flexibility index (Phi) is 2.70. The van der Waals surface area contributed by atoms with Crippen molar-refractivity contribution in [3.8, 4) is 5.75 Å². The first-order valence-corrected chi connectivity index (χ1v) is 5.61. The van der Waals surface area contributed by atoms with Crippen molar-refractivity contribution in [3.05, 3.63) is 29.3 Å². The molecular weight excluding hydrogens is 188 g/mol. The summed E-state index contributed by atoms with van der Waals surface area (Å²) in [4.78, 5) is 0. The zero-order valence-corrected chi connectivity index (χ0v) is 9.27. The Morgan fingerprint density at radius 2 is 1.80 bits per heavy atom. The number of aliphatic hydroxyl groups is 1. The number of aliphatic hydroxyl groups excluding tert-OH is 1. The van der Waals surface area contributed by atoms with Gasteiger partial charge in [0.15, 0.2) is 0 Å². The summed E-state index contributed by atoms with van der Waals surface area (Å²) in [7, 11) is 0. The third-order valence-corrected chi connectivity index (χ3v) is 3.37. The van der Waals surface area contributed by atoms with Crippen LogP contribution in [0.15, 0.2) is 18.2 Å². The lowest BCUT2D eigenvalue weighted by Crippen LogP contribution is -2.00. The minimum atomic E-state index is -0.601. The number of aromatic hydroxyl groups is 1. The van der Waals surface area contributed by atoms with Crippen LogP contribution < -0.4 is 0 Å². The van der Waals surface area contributed by atoms with Gasteiger partial charge in [0.2, 0.25) is 0 Å². The summed E-state index contributed by atoms with van der Waals surface area (Å²) in [6.07, 6.45) is 1.93. The second-order valence-corrected chi connectivity index (χ2v) is 4.59. The van der Waals surface area contributed by atoms with Gasteiger partial charge in [-0.15, -0.1) is 0 Å². The number of hydrogen-bond donors (Lipinski definition) is 2. The van der Waals surface area contributed by atoms with Crippen molar-refractivity contribution in [1.29, 1.82) is 0 Å². The van der Waals surface area contributed by atoms with Crippen molar-refractivity contribution >= 4 is 0 Å². The van der Waals surface area contributed by atoms with Gasteiger partial charge >= 0.3 is 0 Å². The number of phenolic OH excluding ortho intramolecular Hbond substituents is 1. The molecule has 0 aliphatic heterocycles. The lowest BCUT2D eigenvalue weighted by molar-refractivity contribution is 0.194.